The molecule has 1 aromatic rings. The Labute approximate surface area is 87.1 Å². The van der Waals surface area contributed by atoms with Crippen LogP contribution in [-0.4, -0.2) is 21.8 Å². The van der Waals surface area contributed by atoms with E-state index in [1.165, 1.54) is 25.1 Å². The van der Waals surface area contributed by atoms with Crippen LogP contribution in [0.4, 0.5) is 0 Å². The van der Waals surface area contributed by atoms with Crippen LogP contribution in [0.5, 0.6) is 11.5 Å². The Morgan fingerprint density at radius 2 is 2.00 bits per heavy atom. The molecule has 0 unspecified atom stereocenters. The normalized spacial score (nSPS) is 11.2. The lowest BCUT2D eigenvalue weighted by atomic mass is 10.1. The highest BCUT2D eigenvalue weighted by Gasteiger charge is 2.05. The number of rotatable bonds is 2. The van der Waals surface area contributed by atoms with Crippen LogP contribution < -0.4 is 5.43 Å². The van der Waals surface area contributed by atoms with E-state index in [2.05, 4.69) is 10.5 Å². The van der Waals surface area contributed by atoms with Gasteiger partial charge in [0.05, 0.1) is 5.71 Å². The van der Waals surface area contributed by atoms with E-state index in [-0.39, 0.29) is 17.4 Å². The third kappa shape index (κ3) is 2.98. The fourth-order valence-corrected chi connectivity index (χ4v) is 1.05. The van der Waals surface area contributed by atoms with Gasteiger partial charge in [0.25, 0.3) is 0 Å². The molecule has 0 aliphatic carbocycles. The molecule has 0 aliphatic heterocycles. The van der Waals surface area contributed by atoms with Gasteiger partial charge in [0.2, 0.25) is 5.91 Å². The standard InChI is InChI=1S/C10H12N2O3/c1-6(11-12-7(2)13)9-4-3-8(14)5-10(9)15/h3-5,14-15H,1-2H3,(H,12,13)/b11-6-. The van der Waals surface area contributed by atoms with Gasteiger partial charge in [-0.2, -0.15) is 5.10 Å². The average Bonchev–Trinajstić information content (AvgIpc) is 2.14. The maximum Gasteiger partial charge on any atom is 0.236 e. The second-order valence-electron chi connectivity index (χ2n) is 3.07. The molecule has 15 heavy (non-hydrogen) atoms. The van der Waals surface area contributed by atoms with E-state index in [0.717, 1.165) is 0 Å². The van der Waals surface area contributed by atoms with E-state index in [4.69, 9.17) is 5.11 Å². The first-order valence-corrected chi connectivity index (χ1v) is 4.34. The van der Waals surface area contributed by atoms with E-state index in [1.807, 2.05) is 0 Å². The van der Waals surface area contributed by atoms with Crippen molar-refractivity contribution in [3.05, 3.63) is 23.8 Å². The lowest BCUT2D eigenvalue weighted by molar-refractivity contribution is -0.118. The van der Waals surface area contributed by atoms with Crippen LogP contribution in [0.1, 0.15) is 19.4 Å². The van der Waals surface area contributed by atoms with Gasteiger partial charge in [0, 0.05) is 18.6 Å². The minimum absolute atomic E-state index is 0.0245. The van der Waals surface area contributed by atoms with Crippen molar-refractivity contribution < 1.29 is 15.0 Å². The zero-order valence-corrected chi connectivity index (χ0v) is 8.48. The number of benzene rings is 1. The first kappa shape index (κ1) is 11.0. The van der Waals surface area contributed by atoms with Gasteiger partial charge >= 0.3 is 0 Å². The average molecular weight is 208 g/mol. The fourth-order valence-electron chi connectivity index (χ4n) is 1.05. The van der Waals surface area contributed by atoms with Crippen molar-refractivity contribution in [3.63, 3.8) is 0 Å². The molecule has 0 radical (unpaired) electrons. The molecule has 3 N–H and O–H groups in total. The molecule has 0 atom stereocenters. The van der Waals surface area contributed by atoms with Crippen LogP contribution >= 0.6 is 0 Å². The number of hydrazone groups is 1. The van der Waals surface area contributed by atoms with Crippen molar-refractivity contribution >= 4 is 11.6 Å². The molecule has 5 heteroatoms. The summed E-state index contributed by atoms with van der Waals surface area (Å²) in [6.07, 6.45) is 0. The van der Waals surface area contributed by atoms with Crippen molar-refractivity contribution in [1.82, 2.24) is 5.43 Å². The molecule has 0 bridgehead atoms. The summed E-state index contributed by atoms with van der Waals surface area (Å²) in [5, 5.41) is 22.3. The summed E-state index contributed by atoms with van der Waals surface area (Å²) in [4.78, 5) is 10.6. The molecule has 0 aliphatic rings. The first-order chi connectivity index (χ1) is 7.00. The van der Waals surface area contributed by atoms with Crippen LogP contribution in [-0.2, 0) is 4.79 Å². The van der Waals surface area contributed by atoms with Gasteiger partial charge in [0.15, 0.2) is 0 Å². The Morgan fingerprint density at radius 1 is 1.33 bits per heavy atom. The van der Waals surface area contributed by atoms with Gasteiger partial charge < -0.3 is 10.2 Å². The van der Waals surface area contributed by atoms with Crippen LogP contribution in [0.15, 0.2) is 23.3 Å². The molecular weight excluding hydrogens is 196 g/mol. The number of hydrogen-bond acceptors (Lipinski definition) is 4. The summed E-state index contributed by atoms with van der Waals surface area (Å²) in [6.45, 7) is 2.98. The zero-order valence-electron chi connectivity index (χ0n) is 8.48. The summed E-state index contributed by atoms with van der Waals surface area (Å²) in [5.41, 5.74) is 3.18. The smallest absolute Gasteiger partial charge is 0.236 e. The van der Waals surface area contributed by atoms with Gasteiger partial charge in [-0.3, -0.25) is 4.79 Å². The number of hydrogen-bond donors (Lipinski definition) is 3. The second kappa shape index (κ2) is 4.45. The summed E-state index contributed by atoms with van der Waals surface area (Å²) in [7, 11) is 0. The quantitative estimate of drug-likeness (QED) is 0.500. The van der Waals surface area contributed by atoms with E-state index in [1.54, 1.807) is 6.92 Å². The molecule has 1 amide bonds. The number of aromatic hydroxyl groups is 2. The predicted molar refractivity (Wildman–Crippen MR) is 55.8 cm³/mol. The number of nitrogens with one attached hydrogen (secondary N) is 1. The molecule has 0 saturated heterocycles. The number of amides is 1. The Morgan fingerprint density at radius 3 is 2.53 bits per heavy atom. The van der Waals surface area contributed by atoms with E-state index in [0.29, 0.717) is 11.3 Å². The minimum atomic E-state index is -0.285. The summed E-state index contributed by atoms with van der Waals surface area (Å²) >= 11 is 0. The van der Waals surface area contributed by atoms with Crippen molar-refractivity contribution in [2.45, 2.75) is 13.8 Å². The maximum absolute atomic E-state index is 10.6. The van der Waals surface area contributed by atoms with Gasteiger partial charge in [0.1, 0.15) is 11.5 Å². The van der Waals surface area contributed by atoms with E-state index in [9.17, 15) is 9.90 Å². The van der Waals surface area contributed by atoms with Crippen LogP contribution in [0.25, 0.3) is 0 Å². The van der Waals surface area contributed by atoms with Gasteiger partial charge in [-0.05, 0) is 19.1 Å². The molecule has 0 aromatic heterocycles. The summed E-state index contributed by atoms with van der Waals surface area (Å²) < 4.78 is 0. The van der Waals surface area contributed by atoms with Crippen LogP contribution in [0, 0.1) is 0 Å². The molecular formula is C10H12N2O3. The number of carbonyl (C=O) groups is 1. The Balaban J connectivity index is 2.95. The van der Waals surface area contributed by atoms with Crippen molar-refractivity contribution in [1.29, 1.82) is 0 Å². The van der Waals surface area contributed by atoms with E-state index >= 15 is 0 Å². The highest BCUT2D eigenvalue weighted by molar-refractivity contribution is 6.01. The Hall–Kier alpha value is -2.04. The monoisotopic (exact) mass is 208 g/mol. The lowest BCUT2D eigenvalue weighted by Crippen LogP contribution is -2.15. The Kier molecular flexibility index (Phi) is 3.28. The summed E-state index contributed by atoms with van der Waals surface area (Å²) in [6, 6.07) is 4.16. The molecule has 1 rings (SSSR count). The van der Waals surface area contributed by atoms with Gasteiger partial charge in [-0.1, -0.05) is 0 Å². The third-order valence-electron chi connectivity index (χ3n) is 1.75. The number of phenolic OH excluding ortho intramolecular Hbond substituents is 2. The molecule has 0 spiro atoms. The van der Waals surface area contributed by atoms with Crippen LogP contribution in [0.3, 0.4) is 0 Å². The second-order valence-corrected chi connectivity index (χ2v) is 3.07. The fraction of sp³-hybridized carbons (Fsp3) is 0.200. The SMILES string of the molecule is CC(=O)N/N=C(/C)c1ccc(O)cc1O. The van der Waals surface area contributed by atoms with E-state index < -0.39 is 0 Å². The molecule has 0 saturated carbocycles. The van der Waals surface area contributed by atoms with Gasteiger partial charge in [-0.25, -0.2) is 5.43 Å². The van der Waals surface area contributed by atoms with Crippen LogP contribution in [0.2, 0.25) is 0 Å². The molecule has 5 nitrogen and oxygen atoms in total. The first-order valence-electron chi connectivity index (χ1n) is 4.34. The van der Waals surface area contributed by atoms with Crippen molar-refractivity contribution in [2.24, 2.45) is 5.10 Å². The highest BCUT2D eigenvalue weighted by Crippen LogP contribution is 2.22. The highest BCUT2D eigenvalue weighted by atomic mass is 16.3. The third-order valence-corrected chi connectivity index (χ3v) is 1.75. The molecule has 1 aromatic carbocycles. The maximum atomic E-state index is 10.6. The molecule has 80 valence electrons. The number of nitrogens with zero attached hydrogens (tertiary/aromatic N) is 1. The largest absolute Gasteiger partial charge is 0.508 e. The summed E-state index contributed by atoms with van der Waals surface area (Å²) in [5.74, 6) is -0.391. The molecule has 0 fully saturated rings. The minimum Gasteiger partial charge on any atom is -0.508 e. The molecule has 0 heterocycles. The topological polar surface area (TPSA) is 81.9 Å². The van der Waals surface area contributed by atoms with Crippen molar-refractivity contribution in [3.8, 4) is 11.5 Å². The van der Waals surface area contributed by atoms with Gasteiger partial charge in [-0.15, -0.1) is 0 Å². The zero-order chi connectivity index (χ0) is 11.4. The number of carbonyl (C=O) groups excluding carboxylic acids is 1. The number of phenols is 2. The Bertz CT molecular complexity index is 413. The van der Waals surface area contributed by atoms with Crippen molar-refractivity contribution in [2.75, 3.05) is 0 Å². The predicted octanol–water partition coefficient (Wildman–Crippen LogP) is 0.958. The lowest BCUT2D eigenvalue weighted by Gasteiger charge is -2.04.